The molecule has 2 rings (SSSR count). The number of rotatable bonds is 2. The summed E-state index contributed by atoms with van der Waals surface area (Å²) >= 11 is 3.26. The van der Waals surface area contributed by atoms with Gasteiger partial charge in [0.05, 0.1) is 10.1 Å². The second kappa shape index (κ2) is 4.90. The number of hydrogen-bond acceptors (Lipinski definition) is 3. The molecule has 17 heavy (non-hydrogen) atoms. The summed E-state index contributed by atoms with van der Waals surface area (Å²) in [6, 6.07) is 6.65. The summed E-state index contributed by atoms with van der Waals surface area (Å²) < 4.78 is 25.4. The number of hydrogen-bond donors (Lipinski definition) is 0. The molecule has 0 aromatic heterocycles. The molecule has 1 aliphatic rings. The fourth-order valence-corrected chi connectivity index (χ4v) is 4.46. The van der Waals surface area contributed by atoms with Crippen molar-refractivity contribution in [3.63, 3.8) is 0 Å². The highest BCUT2D eigenvalue weighted by Crippen LogP contribution is 2.28. The smallest absolute Gasteiger partial charge is 0.181 e. The Hall–Kier alpha value is -0.680. The van der Waals surface area contributed by atoms with E-state index in [0.717, 1.165) is 4.47 Å². The Kier molecular flexibility index (Phi) is 3.68. The first-order valence-electron chi connectivity index (χ1n) is 5.51. The van der Waals surface area contributed by atoms with Crippen LogP contribution in [0, 0.1) is 0 Å². The Bertz CT molecular complexity index is 536. The van der Waals surface area contributed by atoms with Gasteiger partial charge in [0.25, 0.3) is 0 Å². The van der Waals surface area contributed by atoms with Crippen molar-refractivity contribution in [1.82, 2.24) is 0 Å². The molecule has 0 bridgehead atoms. The van der Waals surface area contributed by atoms with Crippen molar-refractivity contribution < 1.29 is 13.2 Å². The standard InChI is InChI=1S/C12H13BrO3S/c13-9-3-1-5-11(7-9)17(15,16)12-6-2-4-10(14)8-12/h1,3,5,7,12H,2,4,6,8H2. The van der Waals surface area contributed by atoms with Gasteiger partial charge in [0.2, 0.25) is 0 Å². The van der Waals surface area contributed by atoms with E-state index in [0.29, 0.717) is 24.2 Å². The minimum Gasteiger partial charge on any atom is -0.300 e. The SMILES string of the molecule is O=C1CCCC(S(=O)(=O)c2cccc(Br)c2)C1. The van der Waals surface area contributed by atoms with E-state index in [1.165, 1.54) is 0 Å². The van der Waals surface area contributed by atoms with Crippen LogP contribution < -0.4 is 0 Å². The van der Waals surface area contributed by atoms with Crippen LogP contribution >= 0.6 is 15.9 Å². The number of benzene rings is 1. The Morgan fingerprint density at radius 1 is 1.29 bits per heavy atom. The molecule has 0 N–H and O–H groups in total. The molecule has 0 amide bonds. The predicted molar refractivity (Wildman–Crippen MR) is 68.6 cm³/mol. The maximum absolute atomic E-state index is 12.3. The molecule has 3 nitrogen and oxygen atoms in total. The number of ketones is 1. The molecule has 1 atom stereocenters. The van der Waals surface area contributed by atoms with Gasteiger partial charge in [-0.05, 0) is 31.0 Å². The monoisotopic (exact) mass is 316 g/mol. The Morgan fingerprint density at radius 3 is 2.71 bits per heavy atom. The molecule has 0 heterocycles. The third-order valence-electron chi connectivity index (χ3n) is 3.00. The van der Waals surface area contributed by atoms with E-state index in [4.69, 9.17) is 0 Å². The number of Topliss-reactive ketones (excluding diaryl/α,β-unsaturated/α-hetero) is 1. The van der Waals surface area contributed by atoms with Gasteiger partial charge in [0.1, 0.15) is 5.78 Å². The fraction of sp³-hybridized carbons (Fsp3) is 0.417. The average Bonchev–Trinajstić information content (AvgIpc) is 2.29. The molecule has 1 unspecified atom stereocenters. The molecule has 1 fully saturated rings. The van der Waals surface area contributed by atoms with Gasteiger partial charge >= 0.3 is 0 Å². The zero-order valence-corrected chi connectivity index (χ0v) is 11.6. The summed E-state index contributed by atoms with van der Waals surface area (Å²) in [6.07, 6.45) is 1.94. The van der Waals surface area contributed by atoms with Gasteiger partial charge in [-0.15, -0.1) is 0 Å². The van der Waals surface area contributed by atoms with E-state index in [9.17, 15) is 13.2 Å². The molecular weight excluding hydrogens is 304 g/mol. The van der Waals surface area contributed by atoms with E-state index in [1.807, 2.05) is 0 Å². The maximum Gasteiger partial charge on any atom is 0.181 e. The molecular formula is C12H13BrO3S. The summed E-state index contributed by atoms with van der Waals surface area (Å²) in [6.45, 7) is 0. The average molecular weight is 317 g/mol. The van der Waals surface area contributed by atoms with Crippen molar-refractivity contribution in [2.45, 2.75) is 35.8 Å². The normalized spacial score (nSPS) is 21.5. The lowest BCUT2D eigenvalue weighted by atomic mass is 9.99. The molecule has 0 aliphatic heterocycles. The first-order valence-corrected chi connectivity index (χ1v) is 7.85. The minimum atomic E-state index is -3.37. The number of carbonyl (C=O) groups excluding carboxylic acids is 1. The van der Waals surface area contributed by atoms with Crippen LogP contribution in [0.5, 0.6) is 0 Å². The van der Waals surface area contributed by atoms with E-state index in [2.05, 4.69) is 15.9 Å². The summed E-state index contributed by atoms with van der Waals surface area (Å²) in [5.74, 6) is 0.0554. The van der Waals surface area contributed by atoms with Crippen LogP contribution in [-0.2, 0) is 14.6 Å². The van der Waals surface area contributed by atoms with Gasteiger partial charge < -0.3 is 0 Å². The predicted octanol–water partition coefficient (Wildman–Crippen LogP) is 2.73. The molecule has 0 spiro atoms. The van der Waals surface area contributed by atoms with Crippen molar-refractivity contribution in [2.24, 2.45) is 0 Å². The summed E-state index contributed by atoms with van der Waals surface area (Å²) in [5, 5.41) is -0.543. The first kappa shape index (κ1) is 12.8. The highest BCUT2D eigenvalue weighted by atomic mass is 79.9. The molecule has 1 aromatic rings. The van der Waals surface area contributed by atoms with E-state index < -0.39 is 15.1 Å². The first-order chi connectivity index (χ1) is 8.00. The largest absolute Gasteiger partial charge is 0.300 e. The zero-order valence-electron chi connectivity index (χ0n) is 9.23. The molecule has 92 valence electrons. The van der Waals surface area contributed by atoms with Crippen LogP contribution in [0.3, 0.4) is 0 Å². The highest BCUT2D eigenvalue weighted by molar-refractivity contribution is 9.10. The van der Waals surface area contributed by atoms with Crippen LogP contribution in [0.1, 0.15) is 25.7 Å². The summed E-state index contributed by atoms with van der Waals surface area (Å²) in [4.78, 5) is 11.6. The molecule has 0 saturated heterocycles. The maximum atomic E-state index is 12.3. The zero-order chi connectivity index (χ0) is 12.5. The van der Waals surface area contributed by atoms with Crippen LogP contribution in [0.4, 0.5) is 0 Å². The van der Waals surface area contributed by atoms with Crippen LogP contribution in [0.2, 0.25) is 0 Å². The van der Waals surface area contributed by atoms with Gasteiger partial charge in [-0.2, -0.15) is 0 Å². The molecule has 0 radical (unpaired) electrons. The topological polar surface area (TPSA) is 51.2 Å². The van der Waals surface area contributed by atoms with Crippen LogP contribution in [-0.4, -0.2) is 19.5 Å². The number of halogens is 1. The second-order valence-corrected chi connectivity index (χ2v) is 7.40. The van der Waals surface area contributed by atoms with Gasteiger partial charge in [-0.3, -0.25) is 4.79 Å². The van der Waals surface area contributed by atoms with Crippen molar-refractivity contribution in [3.05, 3.63) is 28.7 Å². The minimum absolute atomic E-state index is 0.0554. The number of carbonyl (C=O) groups is 1. The van der Waals surface area contributed by atoms with Crippen LogP contribution in [0.25, 0.3) is 0 Å². The Balaban J connectivity index is 2.33. The summed E-state index contributed by atoms with van der Waals surface area (Å²) in [7, 11) is -3.37. The third kappa shape index (κ3) is 2.77. The summed E-state index contributed by atoms with van der Waals surface area (Å²) in [5.41, 5.74) is 0. The third-order valence-corrected chi connectivity index (χ3v) is 5.68. The van der Waals surface area contributed by atoms with Crippen molar-refractivity contribution in [1.29, 1.82) is 0 Å². The van der Waals surface area contributed by atoms with Crippen molar-refractivity contribution >= 4 is 31.6 Å². The second-order valence-electron chi connectivity index (χ2n) is 4.26. The van der Waals surface area contributed by atoms with Gasteiger partial charge in [0.15, 0.2) is 9.84 Å². The van der Waals surface area contributed by atoms with Crippen molar-refractivity contribution in [3.8, 4) is 0 Å². The lowest BCUT2D eigenvalue weighted by Gasteiger charge is -2.21. The van der Waals surface area contributed by atoms with Gasteiger partial charge in [-0.1, -0.05) is 22.0 Å². The quantitative estimate of drug-likeness (QED) is 0.843. The Morgan fingerprint density at radius 2 is 2.06 bits per heavy atom. The molecule has 1 aliphatic carbocycles. The van der Waals surface area contributed by atoms with E-state index in [1.54, 1.807) is 24.3 Å². The molecule has 5 heteroatoms. The van der Waals surface area contributed by atoms with Crippen LogP contribution in [0.15, 0.2) is 33.6 Å². The molecule has 1 aromatic carbocycles. The van der Waals surface area contributed by atoms with Gasteiger partial charge in [-0.25, -0.2) is 8.42 Å². The molecule has 1 saturated carbocycles. The Labute approximate surface area is 109 Å². The van der Waals surface area contributed by atoms with E-state index in [-0.39, 0.29) is 12.2 Å². The van der Waals surface area contributed by atoms with Crippen molar-refractivity contribution in [2.75, 3.05) is 0 Å². The highest BCUT2D eigenvalue weighted by Gasteiger charge is 2.32. The van der Waals surface area contributed by atoms with E-state index >= 15 is 0 Å². The number of sulfone groups is 1. The lowest BCUT2D eigenvalue weighted by Crippen LogP contribution is -2.28. The lowest BCUT2D eigenvalue weighted by molar-refractivity contribution is -0.120. The fourth-order valence-electron chi connectivity index (χ4n) is 2.09. The van der Waals surface area contributed by atoms with Gasteiger partial charge in [0, 0.05) is 17.3 Å².